The summed E-state index contributed by atoms with van der Waals surface area (Å²) in [6.07, 6.45) is 0.140. The van der Waals surface area contributed by atoms with Gasteiger partial charge in [-0.2, -0.15) is 0 Å². The van der Waals surface area contributed by atoms with Crippen LogP contribution in [0.25, 0.3) is 0 Å². The highest BCUT2D eigenvalue weighted by Gasteiger charge is 2.32. The third kappa shape index (κ3) is 2.98. The topological polar surface area (TPSA) is 29.5 Å². The van der Waals surface area contributed by atoms with Gasteiger partial charge in [-0.05, 0) is 25.7 Å². The van der Waals surface area contributed by atoms with Gasteiger partial charge in [-0.25, -0.2) is 0 Å². The Kier molecular flexibility index (Phi) is 3.93. The number of ether oxygens (including phenoxy) is 1. The molecule has 0 atom stereocenters. The van der Waals surface area contributed by atoms with Gasteiger partial charge in [0, 0.05) is 13.1 Å². The Morgan fingerprint density at radius 2 is 1.93 bits per heavy atom. The van der Waals surface area contributed by atoms with Crippen LogP contribution in [-0.2, 0) is 9.53 Å². The van der Waals surface area contributed by atoms with Gasteiger partial charge in [0.15, 0.2) is 0 Å². The van der Waals surface area contributed by atoms with Crippen LogP contribution < -0.4 is 0 Å². The van der Waals surface area contributed by atoms with Gasteiger partial charge in [0.1, 0.15) is 6.61 Å². The molecule has 14 heavy (non-hydrogen) atoms. The molecule has 3 nitrogen and oxygen atoms in total. The van der Waals surface area contributed by atoms with E-state index in [4.69, 9.17) is 4.74 Å². The summed E-state index contributed by atoms with van der Waals surface area (Å²) in [6.45, 7) is 10.4. The van der Waals surface area contributed by atoms with Crippen LogP contribution in [0.2, 0.25) is 0 Å². The second kappa shape index (κ2) is 4.78. The smallest absolute Gasteiger partial charge is 0.248 e. The highest BCUT2D eigenvalue weighted by molar-refractivity contribution is 5.78. The van der Waals surface area contributed by atoms with Gasteiger partial charge in [-0.15, -0.1) is 0 Å². The zero-order valence-electron chi connectivity index (χ0n) is 9.62. The lowest BCUT2D eigenvalue weighted by Gasteiger charge is -2.41. The van der Waals surface area contributed by atoms with E-state index in [2.05, 4.69) is 13.8 Å². The van der Waals surface area contributed by atoms with E-state index < -0.39 is 0 Å². The Bertz CT molecular complexity index is 195. The average Bonchev–Trinajstić information content (AvgIpc) is 1.97. The summed E-state index contributed by atoms with van der Waals surface area (Å²) in [6, 6.07) is 0. The lowest BCUT2D eigenvalue weighted by molar-refractivity contribution is -0.145. The Morgan fingerprint density at radius 3 is 2.36 bits per heavy atom. The Morgan fingerprint density at radius 1 is 1.36 bits per heavy atom. The van der Waals surface area contributed by atoms with E-state index in [0.717, 1.165) is 13.1 Å². The van der Waals surface area contributed by atoms with Gasteiger partial charge in [0.25, 0.3) is 0 Å². The second-order valence-electron chi connectivity index (χ2n) is 4.66. The summed E-state index contributed by atoms with van der Waals surface area (Å²) in [7, 11) is 0. The molecule has 0 aromatic rings. The Balaban J connectivity index is 2.16. The molecule has 0 unspecified atom stereocenters. The van der Waals surface area contributed by atoms with Crippen molar-refractivity contribution >= 4 is 5.91 Å². The van der Waals surface area contributed by atoms with E-state index in [1.165, 1.54) is 0 Å². The van der Waals surface area contributed by atoms with Crippen molar-refractivity contribution in [2.75, 3.05) is 19.7 Å². The van der Waals surface area contributed by atoms with Crippen LogP contribution in [0.4, 0.5) is 0 Å². The first-order chi connectivity index (χ1) is 6.50. The predicted molar refractivity (Wildman–Crippen MR) is 56.0 cm³/mol. The van der Waals surface area contributed by atoms with Crippen LogP contribution in [0.15, 0.2) is 0 Å². The van der Waals surface area contributed by atoms with Crippen molar-refractivity contribution < 1.29 is 9.53 Å². The van der Waals surface area contributed by atoms with Gasteiger partial charge in [-0.3, -0.25) is 4.79 Å². The molecule has 1 rings (SSSR count). The molecule has 0 bridgehead atoms. The number of likely N-dealkylation sites (tertiary alicyclic amines) is 1. The first-order valence-electron chi connectivity index (χ1n) is 5.40. The lowest BCUT2D eigenvalue weighted by atomic mass is 9.88. The quantitative estimate of drug-likeness (QED) is 0.687. The maximum atomic E-state index is 11.5. The third-order valence-corrected chi connectivity index (χ3v) is 2.75. The van der Waals surface area contributed by atoms with Gasteiger partial charge in [0.05, 0.1) is 6.10 Å². The van der Waals surface area contributed by atoms with Crippen LogP contribution in [0.3, 0.4) is 0 Å². The minimum Gasteiger partial charge on any atom is -0.369 e. The fourth-order valence-corrected chi connectivity index (χ4v) is 1.47. The second-order valence-corrected chi connectivity index (χ2v) is 4.66. The molecule has 0 spiro atoms. The van der Waals surface area contributed by atoms with Crippen molar-refractivity contribution in [1.82, 2.24) is 4.90 Å². The maximum Gasteiger partial charge on any atom is 0.248 e. The third-order valence-electron chi connectivity index (χ3n) is 2.75. The van der Waals surface area contributed by atoms with Crippen LogP contribution in [0, 0.1) is 11.8 Å². The molecule has 0 aromatic carbocycles. The van der Waals surface area contributed by atoms with Gasteiger partial charge < -0.3 is 9.64 Å². The van der Waals surface area contributed by atoms with Crippen molar-refractivity contribution in [1.29, 1.82) is 0 Å². The lowest BCUT2D eigenvalue weighted by Crippen LogP contribution is -2.53. The minimum atomic E-state index is 0.135. The number of nitrogens with zero attached hydrogens (tertiary/aromatic N) is 1. The van der Waals surface area contributed by atoms with E-state index in [1.807, 2.05) is 18.7 Å². The minimum absolute atomic E-state index is 0.135. The van der Waals surface area contributed by atoms with Crippen molar-refractivity contribution in [2.24, 2.45) is 11.8 Å². The molecular weight excluding hydrogens is 178 g/mol. The predicted octanol–water partition coefficient (Wildman–Crippen LogP) is 1.53. The van der Waals surface area contributed by atoms with E-state index in [0.29, 0.717) is 11.8 Å². The number of hydrogen-bond acceptors (Lipinski definition) is 2. The molecule has 82 valence electrons. The molecule has 1 saturated heterocycles. The summed E-state index contributed by atoms with van der Waals surface area (Å²) in [5.41, 5.74) is 0. The van der Waals surface area contributed by atoms with Gasteiger partial charge in [0.2, 0.25) is 5.91 Å². The van der Waals surface area contributed by atoms with Crippen molar-refractivity contribution in [3.05, 3.63) is 0 Å². The number of amides is 1. The summed E-state index contributed by atoms with van der Waals surface area (Å²) < 4.78 is 5.26. The zero-order chi connectivity index (χ0) is 10.7. The Labute approximate surface area is 86.4 Å². The van der Waals surface area contributed by atoms with Gasteiger partial charge >= 0.3 is 0 Å². The normalized spacial score (nSPS) is 17.7. The molecule has 1 aliphatic rings. The van der Waals surface area contributed by atoms with E-state index in [-0.39, 0.29) is 18.6 Å². The van der Waals surface area contributed by atoms with E-state index in [1.54, 1.807) is 0 Å². The molecule has 0 aliphatic carbocycles. The van der Waals surface area contributed by atoms with E-state index >= 15 is 0 Å². The molecule has 0 radical (unpaired) electrons. The largest absolute Gasteiger partial charge is 0.369 e. The van der Waals surface area contributed by atoms with Gasteiger partial charge in [-0.1, -0.05) is 13.8 Å². The first kappa shape index (κ1) is 11.5. The van der Waals surface area contributed by atoms with Crippen molar-refractivity contribution in [3.63, 3.8) is 0 Å². The summed E-state index contributed by atoms with van der Waals surface area (Å²) in [5, 5.41) is 0. The molecule has 1 heterocycles. The van der Waals surface area contributed by atoms with Crippen LogP contribution in [0.5, 0.6) is 0 Å². The molecule has 0 saturated carbocycles. The number of hydrogen-bond donors (Lipinski definition) is 0. The molecule has 0 N–H and O–H groups in total. The summed E-state index contributed by atoms with van der Waals surface area (Å²) >= 11 is 0. The monoisotopic (exact) mass is 199 g/mol. The van der Waals surface area contributed by atoms with Crippen LogP contribution in [0.1, 0.15) is 27.7 Å². The molecule has 3 heteroatoms. The van der Waals surface area contributed by atoms with E-state index in [9.17, 15) is 4.79 Å². The number of carbonyl (C=O) groups excluding carboxylic acids is 1. The highest BCUT2D eigenvalue weighted by atomic mass is 16.5. The van der Waals surface area contributed by atoms with Crippen molar-refractivity contribution in [2.45, 2.75) is 33.8 Å². The van der Waals surface area contributed by atoms with Crippen LogP contribution in [-0.4, -0.2) is 36.6 Å². The fraction of sp³-hybridized carbons (Fsp3) is 0.909. The first-order valence-corrected chi connectivity index (χ1v) is 5.40. The average molecular weight is 199 g/mol. The Hall–Kier alpha value is -0.570. The molecule has 1 aliphatic heterocycles. The molecule has 1 amide bonds. The maximum absolute atomic E-state index is 11.5. The molecular formula is C11H21NO2. The SMILES string of the molecule is CC(C)OCC(=O)N1CC(C(C)C)C1. The highest BCUT2D eigenvalue weighted by Crippen LogP contribution is 2.23. The summed E-state index contributed by atoms with van der Waals surface area (Å²) in [5.74, 6) is 1.51. The van der Waals surface area contributed by atoms with Crippen molar-refractivity contribution in [3.8, 4) is 0 Å². The standard InChI is InChI=1S/C11H21NO2/c1-8(2)10-5-12(6-10)11(13)7-14-9(3)4/h8-10H,5-7H2,1-4H3. The fourth-order valence-electron chi connectivity index (χ4n) is 1.47. The van der Waals surface area contributed by atoms with Crippen LogP contribution >= 0.6 is 0 Å². The number of rotatable bonds is 4. The summed E-state index contributed by atoms with van der Waals surface area (Å²) in [4.78, 5) is 13.4. The molecule has 0 aromatic heterocycles. The zero-order valence-corrected chi connectivity index (χ0v) is 9.62. The molecule has 1 fully saturated rings. The number of carbonyl (C=O) groups is 1.